The molecule has 0 bridgehead atoms. The summed E-state index contributed by atoms with van der Waals surface area (Å²) in [4.78, 5) is 0. The van der Waals surface area contributed by atoms with Crippen molar-refractivity contribution in [2.75, 3.05) is 33.4 Å². The number of aliphatic hydroxyl groups is 1. The molecule has 2 N–H and O–H groups in total. The van der Waals surface area contributed by atoms with Gasteiger partial charge in [-0.25, -0.2) is 0 Å². The second kappa shape index (κ2) is 8.25. The van der Waals surface area contributed by atoms with E-state index >= 15 is 0 Å². The van der Waals surface area contributed by atoms with Crippen LogP contribution in [0.3, 0.4) is 0 Å². The van der Waals surface area contributed by atoms with E-state index in [9.17, 15) is 5.11 Å². The third-order valence-electron chi connectivity index (χ3n) is 3.82. The first kappa shape index (κ1) is 15.3. The highest BCUT2D eigenvalue weighted by Gasteiger charge is 2.13. The largest absolute Gasteiger partial charge is 0.497 e. The van der Waals surface area contributed by atoms with Crippen LogP contribution in [0, 0.1) is 5.92 Å². The Morgan fingerprint density at radius 2 is 2.35 bits per heavy atom. The second-order valence-corrected chi connectivity index (χ2v) is 5.37. The average molecular weight is 279 g/mol. The lowest BCUT2D eigenvalue weighted by atomic mass is 9.97. The number of aliphatic hydroxyl groups excluding tert-OH is 1. The molecule has 112 valence electrons. The summed E-state index contributed by atoms with van der Waals surface area (Å²) in [6, 6.07) is 7.49. The molecule has 2 atom stereocenters. The zero-order chi connectivity index (χ0) is 14.2. The molecule has 1 aliphatic heterocycles. The van der Waals surface area contributed by atoms with Crippen LogP contribution in [-0.4, -0.2) is 38.5 Å². The molecule has 1 aliphatic rings. The van der Waals surface area contributed by atoms with E-state index in [4.69, 9.17) is 9.47 Å². The molecule has 1 heterocycles. The molecule has 2 rings (SSSR count). The predicted octanol–water partition coefficient (Wildman–Crippen LogP) is 2.13. The lowest BCUT2D eigenvalue weighted by Crippen LogP contribution is -2.30. The van der Waals surface area contributed by atoms with Crippen molar-refractivity contribution in [1.29, 1.82) is 0 Å². The number of hydrogen-bond donors (Lipinski definition) is 2. The van der Waals surface area contributed by atoms with Gasteiger partial charge in [-0.15, -0.1) is 0 Å². The molecule has 0 spiro atoms. The number of hydrogen-bond acceptors (Lipinski definition) is 4. The summed E-state index contributed by atoms with van der Waals surface area (Å²) < 4.78 is 10.8. The van der Waals surface area contributed by atoms with E-state index in [1.807, 2.05) is 24.3 Å². The second-order valence-electron chi connectivity index (χ2n) is 5.37. The number of rotatable bonds is 7. The lowest BCUT2D eigenvalue weighted by molar-refractivity contribution is 0.0295. The fraction of sp³-hybridized carbons (Fsp3) is 0.625. The Morgan fingerprint density at radius 1 is 1.45 bits per heavy atom. The molecular weight excluding hydrogens is 254 g/mol. The molecular formula is C16H25NO3. The van der Waals surface area contributed by atoms with E-state index in [2.05, 4.69) is 5.32 Å². The van der Waals surface area contributed by atoms with Gasteiger partial charge in [0.15, 0.2) is 0 Å². The molecule has 4 nitrogen and oxygen atoms in total. The van der Waals surface area contributed by atoms with Crippen molar-refractivity contribution in [3.8, 4) is 5.75 Å². The van der Waals surface area contributed by atoms with Gasteiger partial charge in [-0.3, -0.25) is 0 Å². The fourth-order valence-electron chi connectivity index (χ4n) is 2.56. The van der Waals surface area contributed by atoms with Crippen LogP contribution in [-0.2, 0) is 4.74 Å². The van der Waals surface area contributed by atoms with Gasteiger partial charge < -0.3 is 19.9 Å². The maximum atomic E-state index is 10.1. The Morgan fingerprint density at radius 3 is 3.10 bits per heavy atom. The first-order valence-corrected chi connectivity index (χ1v) is 7.40. The highest BCUT2D eigenvalue weighted by Crippen LogP contribution is 2.20. The van der Waals surface area contributed by atoms with E-state index in [1.165, 1.54) is 12.8 Å². The molecule has 1 aromatic rings. The van der Waals surface area contributed by atoms with Gasteiger partial charge in [0, 0.05) is 6.61 Å². The van der Waals surface area contributed by atoms with E-state index in [-0.39, 0.29) is 0 Å². The quantitative estimate of drug-likeness (QED) is 0.751. The Labute approximate surface area is 121 Å². The van der Waals surface area contributed by atoms with Crippen LogP contribution in [0.15, 0.2) is 24.3 Å². The SMILES string of the molecule is COc1cccc(C(O)COCCC2CCCNC2)c1. The molecule has 20 heavy (non-hydrogen) atoms. The van der Waals surface area contributed by atoms with Crippen LogP contribution in [0.4, 0.5) is 0 Å². The standard InChI is InChI=1S/C16H25NO3/c1-19-15-6-2-5-14(10-15)16(18)12-20-9-7-13-4-3-8-17-11-13/h2,5-6,10,13,16-18H,3-4,7-9,11-12H2,1H3. The molecule has 1 saturated heterocycles. The van der Waals surface area contributed by atoms with Gasteiger partial charge in [0.2, 0.25) is 0 Å². The zero-order valence-electron chi connectivity index (χ0n) is 12.2. The minimum Gasteiger partial charge on any atom is -0.497 e. The summed E-state index contributed by atoms with van der Waals surface area (Å²) in [5.74, 6) is 1.48. The average Bonchev–Trinajstić information content (AvgIpc) is 2.52. The molecule has 4 heteroatoms. The highest BCUT2D eigenvalue weighted by molar-refractivity contribution is 5.29. The third kappa shape index (κ3) is 4.78. The molecule has 0 amide bonds. The maximum absolute atomic E-state index is 10.1. The Kier molecular flexibility index (Phi) is 6.30. The van der Waals surface area contributed by atoms with Gasteiger partial charge in [0.25, 0.3) is 0 Å². The van der Waals surface area contributed by atoms with Crippen molar-refractivity contribution in [1.82, 2.24) is 5.32 Å². The summed E-state index contributed by atoms with van der Waals surface area (Å²) in [7, 11) is 1.63. The Hall–Kier alpha value is -1.10. The Balaban J connectivity index is 1.67. The number of nitrogens with one attached hydrogen (secondary N) is 1. The first-order valence-electron chi connectivity index (χ1n) is 7.40. The van der Waals surface area contributed by atoms with Crippen molar-refractivity contribution in [2.45, 2.75) is 25.4 Å². The normalized spacial score (nSPS) is 20.6. The molecule has 0 saturated carbocycles. The highest BCUT2D eigenvalue weighted by atomic mass is 16.5. The summed E-state index contributed by atoms with van der Waals surface area (Å²) >= 11 is 0. The summed E-state index contributed by atoms with van der Waals surface area (Å²) in [6.07, 6.45) is 3.03. The zero-order valence-corrected chi connectivity index (χ0v) is 12.2. The number of ether oxygens (including phenoxy) is 2. The van der Waals surface area contributed by atoms with Crippen molar-refractivity contribution >= 4 is 0 Å². The predicted molar refractivity (Wildman–Crippen MR) is 79.0 cm³/mol. The van der Waals surface area contributed by atoms with Gasteiger partial charge >= 0.3 is 0 Å². The van der Waals surface area contributed by atoms with Crippen LogP contribution in [0.1, 0.15) is 30.9 Å². The minimum atomic E-state index is -0.588. The third-order valence-corrected chi connectivity index (χ3v) is 3.82. The van der Waals surface area contributed by atoms with Crippen molar-refractivity contribution < 1.29 is 14.6 Å². The van der Waals surface area contributed by atoms with Crippen molar-refractivity contribution in [2.24, 2.45) is 5.92 Å². The van der Waals surface area contributed by atoms with Crippen LogP contribution < -0.4 is 10.1 Å². The van der Waals surface area contributed by atoms with Gasteiger partial charge in [-0.1, -0.05) is 12.1 Å². The lowest BCUT2D eigenvalue weighted by Gasteiger charge is -2.22. The number of piperidine rings is 1. The molecule has 2 unspecified atom stereocenters. The molecule has 1 aromatic carbocycles. The van der Waals surface area contributed by atoms with Gasteiger partial charge in [0.05, 0.1) is 13.7 Å². The first-order chi connectivity index (χ1) is 9.79. The number of benzene rings is 1. The van der Waals surface area contributed by atoms with Gasteiger partial charge in [-0.05, 0) is 56.0 Å². The van der Waals surface area contributed by atoms with Crippen molar-refractivity contribution in [3.05, 3.63) is 29.8 Å². The van der Waals surface area contributed by atoms with Crippen LogP contribution in [0.5, 0.6) is 5.75 Å². The smallest absolute Gasteiger partial charge is 0.119 e. The minimum absolute atomic E-state index is 0.341. The van der Waals surface area contributed by atoms with E-state index in [0.717, 1.165) is 36.7 Å². The van der Waals surface area contributed by atoms with Crippen LogP contribution >= 0.6 is 0 Å². The topological polar surface area (TPSA) is 50.7 Å². The molecule has 0 aromatic heterocycles. The number of methoxy groups -OCH3 is 1. The van der Waals surface area contributed by atoms with Gasteiger partial charge in [0.1, 0.15) is 11.9 Å². The monoisotopic (exact) mass is 279 g/mol. The van der Waals surface area contributed by atoms with Crippen molar-refractivity contribution in [3.63, 3.8) is 0 Å². The van der Waals surface area contributed by atoms with Gasteiger partial charge in [-0.2, -0.15) is 0 Å². The van der Waals surface area contributed by atoms with E-state index in [1.54, 1.807) is 7.11 Å². The van der Waals surface area contributed by atoms with Crippen LogP contribution in [0.2, 0.25) is 0 Å². The van der Waals surface area contributed by atoms with E-state index in [0.29, 0.717) is 13.2 Å². The summed E-state index contributed by atoms with van der Waals surface area (Å²) in [6.45, 7) is 3.30. The molecule has 1 fully saturated rings. The summed E-state index contributed by atoms with van der Waals surface area (Å²) in [5, 5.41) is 13.5. The fourth-order valence-corrected chi connectivity index (χ4v) is 2.56. The van der Waals surface area contributed by atoms with E-state index < -0.39 is 6.10 Å². The van der Waals surface area contributed by atoms with Crippen LogP contribution in [0.25, 0.3) is 0 Å². The summed E-state index contributed by atoms with van der Waals surface area (Å²) in [5.41, 5.74) is 0.837. The maximum Gasteiger partial charge on any atom is 0.119 e. The molecule has 0 aliphatic carbocycles. The molecule has 0 radical (unpaired) electrons. The Bertz CT molecular complexity index is 391.